The first-order valence-corrected chi connectivity index (χ1v) is 10.3. The first-order valence-electron chi connectivity index (χ1n) is 9.92. The summed E-state index contributed by atoms with van der Waals surface area (Å²) >= 11 is 6.43. The summed E-state index contributed by atoms with van der Waals surface area (Å²) < 4.78 is 2.16. The number of benzene rings is 2. The van der Waals surface area contributed by atoms with Gasteiger partial charge >= 0.3 is 0 Å². The molecule has 4 heteroatoms. The third-order valence-corrected chi connectivity index (χ3v) is 6.64. The van der Waals surface area contributed by atoms with Crippen LogP contribution in [0.25, 0.3) is 10.9 Å². The maximum absolute atomic E-state index is 13.5. The molecular formula is C24H23ClN2O. The summed E-state index contributed by atoms with van der Waals surface area (Å²) in [6.45, 7) is 1.99. The molecule has 0 saturated heterocycles. The van der Waals surface area contributed by atoms with Crippen molar-refractivity contribution in [3.8, 4) is 0 Å². The molecule has 0 spiro atoms. The molecule has 142 valence electrons. The lowest BCUT2D eigenvalue weighted by atomic mass is 9.87. The monoisotopic (exact) mass is 390 g/mol. The minimum absolute atomic E-state index is 0.0485. The summed E-state index contributed by atoms with van der Waals surface area (Å²) in [6, 6.07) is 14.4. The third-order valence-electron chi connectivity index (χ3n) is 6.23. The van der Waals surface area contributed by atoms with Gasteiger partial charge < -0.3 is 4.57 Å². The van der Waals surface area contributed by atoms with Crippen LogP contribution in [0.3, 0.4) is 0 Å². The van der Waals surface area contributed by atoms with Crippen molar-refractivity contribution in [1.29, 1.82) is 0 Å². The summed E-state index contributed by atoms with van der Waals surface area (Å²) in [5.74, 6) is 0.146. The van der Waals surface area contributed by atoms with Gasteiger partial charge in [-0.1, -0.05) is 35.9 Å². The van der Waals surface area contributed by atoms with Crippen LogP contribution in [0.2, 0.25) is 5.02 Å². The molecule has 0 radical (unpaired) electrons. The van der Waals surface area contributed by atoms with Gasteiger partial charge in [0.05, 0.1) is 6.04 Å². The van der Waals surface area contributed by atoms with Crippen LogP contribution in [0.5, 0.6) is 0 Å². The minimum Gasteiger partial charge on any atom is -0.350 e. The van der Waals surface area contributed by atoms with E-state index in [0.717, 1.165) is 42.5 Å². The van der Waals surface area contributed by atoms with Gasteiger partial charge in [0.1, 0.15) is 0 Å². The number of amides is 1. The standard InChI is InChI=1S/C24H23ClN2O/c1-15-11-12-16(13-21(15)25)27-23(18-8-3-4-9-19(18)24(27)28)20-14-26(2)22-10-6-5-7-17(20)22/h5-7,10-14,23H,3-4,8-9H2,1-2H3. The average Bonchev–Trinajstić information content (AvgIpc) is 3.19. The molecule has 1 aliphatic carbocycles. The third kappa shape index (κ3) is 2.53. The zero-order valence-electron chi connectivity index (χ0n) is 16.2. The topological polar surface area (TPSA) is 25.2 Å². The lowest BCUT2D eigenvalue weighted by molar-refractivity contribution is -0.115. The second-order valence-corrected chi connectivity index (χ2v) is 8.34. The van der Waals surface area contributed by atoms with E-state index in [4.69, 9.17) is 11.6 Å². The number of halogens is 1. The van der Waals surface area contributed by atoms with Gasteiger partial charge in [0, 0.05) is 46.0 Å². The Kier molecular flexibility index (Phi) is 4.09. The Labute approximate surface area is 170 Å². The van der Waals surface area contributed by atoms with E-state index in [1.54, 1.807) is 0 Å². The number of anilines is 1. The Morgan fingerprint density at radius 2 is 1.86 bits per heavy atom. The maximum atomic E-state index is 13.5. The maximum Gasteiger partial charge on any atom is 0.255 e. The van der Waals surface area contributed by atoms with Gasteiger partial charge in [0.2, 0.25) is 0 Å². The highest BCUT2D eigenvalue weighted by Crippen LogP contribution is 2.48. The molecule has 2 aromatic carbocycles. The predicted molar refractivity (Wildman–Crippen MR) is 115 cm³/mol. The molecule has 1 atom stereocenters. The van der Waals surface area contributed by atoms with E-state index >= 15 is 0 Å². The Morgan fingerprint density at radius 3 is 2.68 bits per heavy atom. The number of aryl methyl sites for hydroxylation is 2. The fourth-order valence-electron chi connectivity index (χ4n) is 4.81. The van der Waals surface area contributed by atoms with Crippen molar-refractivity contribution >= 4 is 34.1 Å². The lowest BCUT2D eigenvalue weighted by Crippen LogP contribution is -2.30. The molecule has 5 rings (SSSR count). The van der Waals surface area contributed by atoms with Crippen molar-refractivity contribution < 1.29 is 4.79 Å². The molecule has 0 N–H and O–H groups in total. The largest absolute Gasteiger partial charge is 0.350 e. The molecule has 2 aliphatic rings. The Hall–Kier alpha value is -2.52. The van der Waals surface area contributed by atoms with Gasteiger partial charge in [0.25, 0.3) is 5.91 Å². The van der Waals surface area contributed by atoms with Gasteiger partial charge in [-0.05, 0) is 61.9 Å². The smallest absolute Gasteiger partial charge is 0.255 e. The second-order valence-electron chi connectivity index (χ2n) is 7.93. The predicted octanol–water partition coefficient (Wildman–Crippen LogP) is 6.10. The zero-order valence-corrected chi connectivity index (χ0v) is 17.0. The van der Waals surface area contributed by atoms with Gasteiger partial charge in [-0.2, -0.15) is 0 Å². The SMILES string of the molecule is Cc1ccc(N2C(=O)C3=C(CCCC3)C2c2cn(C)c3ccccc23)cc1Cl. The van der Waals surface area contributed by atoms with E-state index in [0.29, 0.717) is 5.02 Å². The normalized spacial score (nSPS) is 19.6. The van der Waals surface area contributed by atoms with Gasteiger partial charge in [0.15, 0.2) is 0 Å². The van der Waals surface area contributed by atoms with Crippen molar-refractivity contribution in [2.75, 3.05) is 4.90 Å². The highest BCUT2D eigenvalue weighted by atomic mass is 35.5. The van der Waals surface area contributed by atoms with Crippen LogP contribution in [0, 0.1) is 6.92 Å². The summed E-state index contributed by atoms with van der Waals surface area (Å²) in [7, 11) is 2.08. The lowest BCUT2D eigenvalue weighted by Gasteiger charge is -2.28. The van der Waals surface area contributed by atoms with E-state index in [-0.39, 0.29) is 11.9 Å². The van der Waals surface area contributed by atoms with Crippen LogP contribution >= 0.6 is 11.6 Å². The summed E-state index contributed by atoms with van der Waals surface area (Å²) in [4.78, 5) is 15.5. The molecule has 3 nitrogen and oxygen atoms in total. The first-order chi connectivity index (χ1) is 13.6. The molecule has 1 aliphatic heterocycles. The Bertz CT molecular complexity index is 1140. The molecule has 3 aromatic rings. The fourth-order valence-corrected chi connectivity index (χ4v) is 4.98. The van der Waals surface area contributed by atoms with E-state index in [2.05, 4.69) is 42.1 Å². The van der Waals surface area contributed by atoms with Crippen LogP contribution < -0.4 is 4.90 Å². The molecular weight excluding hydrogens is 368 g/mol. The number of nitrogens with zero attached hydrogens (tertiary/aromatic N) is 2. The molecule has 2 heterocycles. The highest BCUT2D eigenvalue weighted by molar-refractivity contribution is 6.31. The quantitative estimate of drug-likeness (QED) is 0.519. The van der Waals surface area contributed by atoms with Crippen LogP contribution in [-0.4, -0.2) is 10.5 Å². The molecule has 1 unspecified atom stereocenters. The molecule has 0 bridgehead atoms. The Balaban J connectivity index is 1.73. The van der Waals surface area contributed by atoms with Crippen LogP contribution in [0.15, 0.2) is 59.8 Å². The number of fused-ring (bicyclic) bond motifs is 1. The van der Waals surface area contributed by atoms with E-state index in [1.165, 1.54) is 22.0 Å². The van der Waals surface area contributed by atoms with Crippen molar-refractivity contribution in [3.05, 3.63) is 76.0 Å². The summed E-state index contributed by atoms with van der Waals surface area (Å²) in [6.07, 6.45) is 6.30. The first kappa shape index (κ1) is 17.6. The van der Waals surface area contributed by atoms with E-state index in [9.17, 15) is 4.79 Å². The van der Waals surface area contributed by atoms with Crippen molar-refractivity contribution in [3.63, 3.8) is 0 Å². The minimum atomic E-state index is -0.0485. The molecule has 0 fully saturated rings. The van der Waals surface area contributed by atoms with Crippen molar-refractivity contribution in [2.45, 2.75) is 38.6 Å². The highest BCUT2D eigenvalue weighted by Gasteiger charge is 2.42. The number of aromatic nitrogens is 1. The number of carbonyl (C=O) groups is 1. The number of carbonyl (C=O) groups excluding carboxylic acids is 1. The van der Waals surface area contributed by atoms with Crippen LogP contribution in [0.1, 0.15) is 42.9 Å². The Morgan fingerprint density at radius 1 is 1.07 bits per heavy atom. The van der Waals surface area contributed by atoms with Gasteiger partial charge in [-0.25, -0.2) is 0 Å². The van der Waals surface area contributed by atoms with E-state index in [1.807, 2.05) is 30.0 Å². The summed E-state index contributed by atoms with van der Waals surface area (Å²) in [5, 5.41) is 1.91. The average molecular weight is 391 g/mol. The molecule has 1 aromatic heterocycles. The molecule has 0 saturated carbocycles. The van der Waals surface area contributed by atoms with Crippen LogP contribution in [-0.2, 0) is 11.8 Å². The van der Waals surface area contributed by atoms with E-state index < -0.39 is 0 Å². The van der Waals surface area contributed by atoms with Gasteiger partial charge in [-0.3, -0.25) is 9.69 Å². The number of rotatable bonds is 2. The number of hydrogen-bond donors (Lipinski definition) is 0. The van der Waals surface area contributed by atoms with Crippen molar-refractivity contribution in [2.24, 2.45) is 7.05 Å². The number of para-hydroxylation sites is 1. The molecule has 1 amide bonds. The summed E-state index contributed by atoms with van der Waals surface area (Å²) in [5.41, 5.74) is 6.61. The van der Waals surface area contributed by atoms with Crippen LogP contribution in [0.4, 0.5) is 5.69 Å². The number of hydrogen-bond acceptors (Lipinski definition) is 1. The zero-order chi connectivity index (χ0) is 19.4. The van der Waals surface area contributed by atoms with Crippen molar-refractivity contribution in [1.82, 2.24) is 4.57 Å². The molecule has 28 heavy (non-hydrogen) atoms. The van der Waals surface area contributed by atoms with Gasteiger partial charge in [-0.15, -0.1) is 0 Å². The second kappa shape index (κ2) is 6.52. The fraction of sp³-hybridized carbons (Fsp3) is 0.292.